The molecule has 0 saturated heterocycles. The number of halogens is 1. The molecule has 0 spiro atoms. The molecule has 0 bridgehead atoms. The number of rotatable bonds is 4. The van der Waals surface area contributed by atoms with E-state index in [4.69, 9.17) is 4.42 Å². The van der Waals surface area contributed by atoms with E-state index in [-0.39, 0.29) is 11.9 Å². The van der Waals surface area contributed by atoms with Crippen molar-refractivity contribution >= 4 is 11.0 Å². The summed E-state index contributed by atoms with van der Waals surface area (Å²) < 4.78 is 19.3. The molecule has 1 heterocycles. The fourth-order valence-electron chi connectivity index (χ4n) is 3.69. The van der Waals surface area contributed by atoms with Crippen molar-refractivity contribution in [3.05, 3.63) is 35.8 Å². The van der Waals surface area contributed by atoms with E-state index in [2.05, 4.69) is 19.2 Å². The highest BCUT2D eigenvalue weighted by molar-refractivity contribution is 5.78. The van der Waals surface area contributed by atoms with Gasteiger partial charge in [0.1, 0.15) is 17.2 Å². The highest BCUT2D eigenvalue weighted by atomic mass is 19.1. The second kappa shape index (κ2) is 6.18. The van der Waals surface area contributed by atoms with Crippen LogP contribution in [-0.4, -0.2) is 6.54 Å². The first-order valence-corrected chi connectivity index (χ1v) is 8.09. The van der Waals surface area contributed by atoms with Gasteiger partial charge >= 0.3 is 0 Å². The van der Waals surface area contributed by atoms with E-state index >= 15 is 0 Å². The van der Waals surface area contributed by atoms with Gasteiger partial charge in [-0.1, -0.05) is 26.7 Å². The van der Waals surface area contributed by atoms with Crippen molar-refractivity contribution in [3.8, 4) is 0 Å². The van der Waals surface area contributed by atoms with E-state index in [9.17, 15) is 4.39 Å². The second-order valence-electron chi connectivity index (χ2n) is 6.40. The van der Waals surface area contributed by atoms with Gasteiger partial charge in [0.15, 0.2) is 0 Å². The summed E-state index contributed by atoms with van der Waals surface area (Å²) in [5, 5.41) is 4.44. The summed E-state index contributed by atoms with van der Waals surface area (Å²) in [5.74, 6) is 2.14. The molecule has 3 unspecified atom stereocenters. The van der Waals surface area contributed by atoms with Crippen LogP contribution in [0.3, 0.4) is 0 Å². The van der Waals surface area contributed by atoms with E-state index in [0.717, 1.165) is 29.2 Å². The summed E-state index contributed by atoms with van der Waals surface area (Å²) in [6.45, 7) is 5.38. The fourth-order valence-corrected chi connectivity index (χ4v) is 3.69. The summed E-state index contributed by atoms with van der Waals surface area (Å²) in [7, 11) is 0. The van der Waals surface area contributed by atoms with Crippen LogP contribution in [0.4, 0.5) is 4.39 Å². The molecule has 0 amide bonds. The highest BCUT2D eigenvalue weighted by Crippen LogP contribution is 2.38. The maximum absolute atomic E-state index is 13.3. The van der Waals surface area contributed by atoms with Crippen molar-refractivity contribution in [2.24, 2.45) is 11.8 Å². The molecule has 114 valence electrons. The molecule has 1 fully saturated rings. The van der Waals surface area contributed by atoms with Crippen molar-refractivity contribution in [2.75, 3.05) is 6.54 Å². The van der Waals surface area contributed by atoms with Crippen LogP contribution in [0.1, 0.15) is 51.3 Å². The normalized spacial score (nSPS) is 24.3. The lowest BCUT2D eigenvalue weighted by Gasteiger charge is -2.32. The first-order chi connectivity index (χ1) is 10.2. The topological polar surface area (TPSA) is 25.2 Å². The lowest BCUT2D eigenvalue weighted by molar-refractivity contribution is 0.209. The number of nitrogens with one attached hydrogen (secondary N) is 1. The van der Waals surface area contributed by atoms with Crippen molar-refractivity contribution in [2.45, 2.75) is 45.6 Å². The Bertz CT molecular complexity index is 606. The first-order valence-electron chi connectivity index (χ1n) is 8.09. The Morgan fingerprint density at radius 2 is 2.19 bits per heavy atom. The Labute approximate surface area is 125 Å². The minimum absolute atomic E-state index is 0.207. The molecule has 3 atom stereocenters. The number of benzene rings is 1. The van der Waals surface area contributed by atoms with Crippen molar-refractivity contribution in [3.63, 3.8) is 0 Å². The van der Waals surface area contributed by atoms with Crippen molar-refractivity contribution in [1.82, 2.24) is 5.32 Å². The SMILES string of the molecule is CCNC(c1cc2cc(F)ccc2o1)C1CCCC(C)C1. The van der Waals surface area contributed by atoms with Crippen LogP contribution in [0.25, 0.3) is 11.0 Å². The molecule has 1 aliphatic carbocycles. The number of hydrogen-bond acceptors (Lipinski definition) is 2. The highest BCUT2D eigenvalue weighted by Gasteiger charge is 2.29. The van der Waals surface area contributed by atoms with Crippen LogP contribution in [0.15, 0.2) is 28.7 Å². The van der Waals surface area contributed by atoms with Crippen LogP contribution < -0.4 is 5.32 Å². The van der Waals surface area contributed by atoms with E-state index in [1.165, 1.54) is 31.7 Å². The molecule has 21 heavy (non-hydrogen) atoms. The Kier molecular flexibility index (Phi) is 4.29. The lowest BCUT2D eigenvalue weighted by atomic mass is 9.78. The molecular formula is C18H24FNO. The minimum atomic E-state index is -0.207. The smallest absolute Gasteiger partial charge is 0.134 e. The van der Waals surface area contributed by atoms with Gasteiger partial charge in [-0.15, -0.1) is 0 Å². The third kappa shape index (κ3) is 3.13. The predicted octanol–water partition coefficient (Wildman–Crippen LogP) is 5.05. The molecule has 1 N–H and O–H groups in total. The van der Waals surface area contributed by atoms with Gasteiger partial charge in [-0.25, -0.2) is 4.39 Å². The van der Waals surface area contributed by atoms with Crippen molar-refractivity contribution in [1.29, 1.82) is 0 Å². The maximum atomic E-state index is 13.3. The Hall–Kier alpha value is -1.35. The van der Waals surface area contributed by atoms with Gasteiger partial charge in [-0.2, -0.15) is 0 Å². The summed E-state index contributed by atoms with van der Waals surface area (Å²) >= 11 is 0. The van der Waals surface area contributed by atoms with E-state index < -0.39 is 0 Å². The van der Waals surface area contributed by atoms with Crippen molar-refractivity contribution < 1.29 is 8.81 Å². The molecule has 2 aromatic rings. The number of fused-ring (bicyclic) bond motifs is 1. The van der Waals surface area contributed by atoms with Gasteiger partial charge in [0.25, 0.3) is 0 Å². The molecule has 1 aromatic heterocycles. The Morgan fingerprint density at radius 1 is 1.33 bits per heavy atom. The van der Waals surface area contributed by atoms with E-state index in [1.807, 2.05) is 6.07 Å². The van der Waals surface area contributed by atoms with Crippen LogP contribution in [0.5, 0.6) is 0 Å². The van der Waals surface area contributed by atoms with Crippen LogP contribution in [0.2, 0.25) is 0 Å². The predicted molar refractivity (Wildman–Crippen MR) is 83.7 cm³/mol. The average molecular weight is 289 g/mol. The molecule has 3 heteroatoms. The van der Waals surface area contributed by atoms with Gasteiger partial charge in [0.2, 0.25) is 0 Å². The summed E-state index contributed by atoms with van der Waals surface area (Å²) in [6, 6.07) is 6.98. The van der Waals surface area contributed by atoms with Crippen LogP contribution in [-0.2, 0) is 0 Å². The molecule has 1 aromatic carbocycles. The minimum Gasteiger partial charge on any atom is -0.459 e. The standard InChI is InChI=1S/C18H24FNO/c1-3-20-18(13-6-4-5-12(2)9-13)17-11-14-10-15(19)7-8-16(14)21-17/h7-8,10-13,18,20H,3-6,9H2,1-2H3. The monoisotopic (exact) mass is 289 g/mol. The van der Waals surface area contributed by atoms with Crippen LogP contribution >= 0.6 is 0 Å². The summed E-state index contributed by atoms with van der Waals surface area (Å²) in [4.78, 5) is 0. The van der Waals surface area contributed by atoms with Gasteiger partial charge in [-0.3, -0.25) is 0 Å². The fraction of sp³-hybridized carbons (Fsp3) is 0.556. The largest absolute Gasteiger partial charge is 0.459 e. The first kappa shape index (κ1) is 14.6. The molecule has 1 aliphatic rings. The third-order valence-electron chi connectivity index (χ3n) is 4.68. The zero-order valence-corrected chi connectivity index (χ0v) is 12.9. The Morgan fingerprint density at radius 3 is 2.95 bits per heavy atom. The van der Waals surface area contributed by atoms with Gasteiger partial charge in [-0.05, 0) is 55.5 Å². The molecule has 0 radical (unpaired) electrons. The molecule has 0 aliphatic heterocycles. The van der Waals surface area contributed by atoms with Crippen LogP contribution in [0, 0.1) is 17.7 Å². The third-order valence-corrected chi connectivity index (χ3v) is 4.68. The number of hydrogen-bond donors (Lipinski definition) is 1. The summed E-state index contributed by atoms with van der Waals surface area (Å²) in [5.41, 5.74) is 0.776. The molecular weight excluding hydrogens is 265 g/mol. The Balaban J connectivity index is 1.90. The van der Waals surface area contributed by atoms with Gasteiger partial charge in [0.05, 0.1) is 6.04 Å². The lowest BCUT2D eigenvalue weighted by Crippen LogP contribution is -2.30. The summed E-state index contributed by atoms with van der Waals surface area (Å²) in [6.07, 6.45) is 5.11. The zero-order valence-electron chi connectivity index (χ0n) is 12.9. The zero-order chi connectivity index (χ0) is 14.8. The molecule has 2 nitrogen and oxygen atoms in total. The van der Waals surface area contributed by atoms with Gasteiger partial charge in [0, 0.05) is 5.39 Å². The second-order valence-corrected chi connectivity index (χ2v) is 6.40. The van der Waals surface area contributed by atoms with E-state index in [1.54, 1.807) is 12.1 Å². The quantitative estimate of drug-likeness (QED) is 0.852. The van der Waals surface area contributed by atoms with Gasteiger partial charge < -0.3 is 9.73 Å². The van der Waals surface area contributed by atoms with E-state index in [0.29, 0.717) is 5.92 Å². The molecule has 1 saturated carbocycles. The number of furan rings is 1. The average Bonchev–Trinajstić information content (AvgIpc) is 2.87. The molecule has 3 rings (SSSR count). The maximum Gasteiger partial charge on any atom is 0.134 e.